The van der Waals surface area contributed by atoms with Gasteiger partial charge in [-0.25, -0.2) is 4.98 Å². The van der Waals surface area contributed by atoms with E-state index in [0.29, 0.717) is 11.6 Å². The molecule has 0 bridgehead atoms. The van der Waals surface area contributed by atoms with Crippen LogP contribution in [0.2, 0.25) is 0 Å². The average Bonchev–Trinajstić information content (AvgIpc) is 2.78. The minimum absolute atomic E-state index is 0.545. The summed E-state index contributed by atoms with van der Waals surface area (Å²) in [5.41, 5.74) is -0.168. The SMILES string of the molecule is CC(C)(C(=O)O)c1csc(C2CCCCCCC2)n1. The zero-order valence-corrected chi connectivity index (χ0v) is 12.6. The van der Waals surface area contributed by atoms with E-state index in [-0.39, 0.29) is 0 Å². The number of nitrogens with zero attached hydrogens (tertiary/aromatic N) is 1. The van der Waals surface area contributed by atoms with E-state index in [1.54, 1.807) is 25.2 Å². The van der Waals surface area contributed by atoms with Gasteiger partial charge in [-0.05, 0) is 26.7 Å². The Balaban J connectivity index is 2.13. The number of carboxylic acids is 1. The summed E-state index contributed by atoms with van der Waals surface area (Å²) in [5, 5.41) is 12.3. The summed E-state index contributed by atoms with van der Waals surface area (Å²) in [7, 11) is 0. The summed E-state index contributed by atoms with van der Waals surface area (Å²) in [6, 6.07) is 0. The average molecular weight is 281 g/mol. The first-order chi connectivity index (χ1) is 9.01. The van der Waals surface area contributed by atoms with Gasteiger partial charge in [0.1, 0.15) is 5.41 Å². The fourth-order valence-corrected chi connectivity index (χ4v) is 3.73. The zero-order chi connectivity index (χ0) is 13.9. The predicted octanol–water partition coefficient (Wildman–Crippen LogP) is 4.33. The van der Waals surface area contributed by atoms with Crippen LogP contribution in [0, 0.1) is 0 Å². The number of rotatable bonds is 3. The Morgan fingerprint density at radius 3 is 2.42 bits per heavy atom. The fraction of sp³-hybridized carbons (Fsp3) is 0.733. The Morgan fingerprint density at radius 1 is 1.26 bits per heavy atom. The van der Waals surface area contributed by atoms with Crippen molar-refractivity contribution in [3.05, 3.63) is 16.1 Å². The minimum atomic E-state index is -0.879. The van der Waals surface area contributed by atoms with Crippen molar-refractivity contribution in [3.8, 4) is 0 Å². The van der Waals surface area contributed by atoms with Crippen LogP contribution in [-0.2, 0) is 10.2 Å². The zero-order valence-electron chi connectivity index (χ0n) is 11.8. The van der Waals surface area contributed by atoms with Crippen LogP contribution in [0.3, 0.4) is 0 Å². The number of hydrogen-bond acceptors (Lipinski definition) is 3. The predicted molar refractivity (Wildman–Crippen MR) is 77.8 cm³/mol. The third-order valence-corrected chi connectivity index (χ3v) is 5.16. The van der Waals surface area contributed by atoms with Crippen molar-refractivity contribution < 1.29 is 9.90 Å². The van der Waals surface area contributed by atoms with Crippen molar-refractivity contribution in [1.82, 2.24) is 4.98 Å². The quantitative estimate of drug-likeness (QED) is 0.897. The third-order valence-electron chi connectivity index (χ3n) is 4.15. The lowest BCUT2D eigenvalue weighted by molar-refractivity contribution is -0.142. The summed E-state index contributed by atoms with van der Waals surface area (Å²) in [6.45, 7) is 3.46. The van der Waals surface area contributed by atoms with Gasteiger partial charge in [0.05, 0.1) is 10.7 Å². The van der Waals surface area contributed by atoms with Crippen LogP contribution in [-0.4, -0.2) is 16.1 Å². The first kappa shape index (κ1) is 14.5. The number of aromatic nitrogens is 1. The van der Waals surface area contributed by atoms with E-state index in [9.17, 15) is 9.90 Å². The summed E-state index contributed by atoms with van der Waals surface area (Å²) < 4.78 is 0. The summed E-state index contributed by atoms with van der Waals surface area (Å²) >= 11 is 1.64. The van der Waals surface area contributed by atoms with Gasteiger partial charge in [0.15, 0.2) is 0 Å². The van der Waals surface area contributed by atoms with Crippen molar-refractivity contribution in [2.45, 2.75) is 70.1 Å². The van der Waals surface area contributed by atoms with Crippen molar-refractivity contribution in [2.24, 2.45) is 0 Å². The normalized spacial score (nSPS) is 18.8. The summed E-state index contributed by atoms with van der Waals surface area (Å²) in [4.78, 5) is 15.9. The smallest absolute Gasteiger partial charge is 0.315 e. The van der Waals surface area contributed by atoms with E-state index in [2.05, 4.69) is 4.98 Å². The molecule has 3 nitrogen and oxygen atoms in total. The molecule has 0 atom stereocenters. The highest BCUT2D eigenvalue weighted by Crippen LogP contribution is 2.35. The van der Waals surface area contributed by atoms with Crippen LogP contribution in [0.15, 0.2) is 5.38 Å². The molecule has 0 radical (unpaired) electrons. The number of aliphatic carboxylic acids is 1. The van der Waals surface area contributed by atoms with Crippen LogP contribution >= 0.6 is 11.3 Å². The maximum Gasteiger partial charge on any atom is 0.315 e. The second-order valence-corrected chi connectivity index (χ2v) is 6.93. The standard InChI is InChI=1S/C15H23NO2S/c1-15(2,14(17)18)12-10-19-13(16-12)11-8-6-4-3-5-7-9-11/h10-11H,3-9H2,1-2H3,(H,17,18). The molecule has 106 valence electrons. The van der Waals surface area contributed by atoms with Gasteiger partial charge in [0, 0.05) is 11.3 Å². The van der Waals surface area contributed by atoms with Gasteiger partial charge in [0.2, 0.25) is 0 Å². The van der Waals surface area contributed by atoms with Gasteiger partial charge >= 0.3 is 5.97 Å². The van der Waals surface area contributed by atoms with Crippen LogP contribution in [0.4, 0.5) is 0 Å². The fourth-order valence-electron chi connectivity index (χ4n) is 2.57. The molecule has 0 spiro atoms. The first-order valence-corrected chi connectivity index (χ1v) is 8.09. The van der Waals surface area contributed by atoms with Gasteiger partial charge in [-0.2, -0.15) is 0 Å². The summed E-state index contributed by atoms with van der Waals surface area (Å²) in [6.07, 6.45) is 9.00. The molecular formula is C15H23NO2S. The highest BCUT2D eigenvalue weighted by atomic mass is 32.1. The largest absolute Gasteiger partial charge is 0.481 e. The van der Waals surface area contributed by atoms with E-state index < -0.39 is 11.4 Å². The first-order valence-electron chi connectivity index (χ1n) is 7.21. The van der Waals surface area contributed by atoms with Gasteiger partial charge in [-0.3, -0.25) is 4.79 Å². The molecule has 1 aromatic rings. The lowest BCUT2D eigenvalue weighted by Crippen LogP contribution is -2.28. The Hall–Kier alpha value is -0.900. The molecule has 1 aliphatic rings. The maximum absolute atomic E-state index is 11.3. The molecule has 2 rings (SSSR count). The maximum atomic E-state index is 11.3. The summed E-state index contributed by atoms with van der Waals surface area (Å²) in [5.74, 6) is -0.259. The topological polar surface area (TPSA) is 50.2 Å². The molecule has 4 heteroatoms. The van der Waals surface area contributed by atoms with E-state index in [4.69, 9.17) is 0 Å². The second kappa shape index (κ2) is 6.04. The Labute approximate surface area is 119 Å². The van der Waals surface area contributed by atoms with E-state index >= 15 is 0 Å². The monoisotopic (exact) mass is 281 g/mol. The molecule has 1 fully saturated rings. The van der Waals surface area contributed by atoms with Crippen molar-refractivity contribution >= 4 is 17.3 Å². The van der Waals surface area contributed by atoms with Crippen LogP contribution in [0.5, 0.6) is 0 Å². The molecule has 1 aliphatic carbocycles. The molecule has 0 unspecified atom stereocenters. The van der Waals surface area contributed by atoms with Gasteiger partial charge in [-0.15, -0.1) is 11.3 Å². The highest BCUT2D eigenvalue weighted by molar-refractivity contribution is 7.09. The molecule has 1 saturated carbocycles. The molecule has 0 aliphatic heterocycles. The van der Waals surface area contributed by atoms with Crippen molar-refractivity contribution in [3.63, 3.8) is 0 Å². The molecule has 1 aromatic heterocycles. The Morgan fingerprint density at radius 2 is 1.84 bits per heavy atom. The van der Waals surface area contributed by atoms with E-state index in [1.807, 2.05) is 5.38 Å². The number of carbonyl (C=O) groups is 1. The second-order valence-electron chi connectivity index (χ2n) is 6.04. The van der Waals surface area contributed by atoms with Crippen molar-refractivity contribution in [2.75, 3.05) is 0 Å². The minimum Gasteiger partial charge on any atom is -0.481 e. The molecule has 0 aromatic carbocycles. The number of hydrogen-bond donors (Lipinski definition) is 1. The molecule has 1 heterocycles. The van der Waals surface area contributed by atoms with Crippen LogP contribution in [0.1, 0.15) is 75.4 Å². The number of carboxylic acid groups (broad SMARTS) is 1. The van der Waals surface area contributed by atoms with E-state index in [1.165, 1.54) is 44.9 Å². The molecule has 1 N–H and O–H groups in total. The van der Waals surface area contributed by atoms with Gasteiger partial charge in [0.25, 0.3) is 0 Å². The van der Waals surface area contributed by atoms with Gasteiger partial charge in [-0.1, -0.05) is 32.1 Å². The number of thiazole rings is 1. The third kappa shape index (κ3) is 3.35. The lowest BCUT2D eigenvalue weighted by atomic mass is 9.89. The Kier molecular flexibility index (Phi) is 4.61. The van der Waals surface area contributed by atoms with Crippen LogP contribution < -0.4 is 0 Å². The van der Waals surface area contributed by atoms with E-state index in [0.717, 1.165) is 5.01 Å². The Bertz CT molecular complexity index is 431. The molecule has 19 heavy (non-hydrogen) atoms. The van der Waals surface area contributed by atoms with Gasteiger partial charge < -0.3 is 5.11 Å². The highest BCUT2D eigenvalue weighted by Gasteiger charge is 2.32. The van der Waals surface area contributed by atoms with Crippen molar-refractivity contribution in [1.29, 1.82) is 0 Å². The van der Waals surface area contributed by atoms with Crippen LogP contribution in [0.25, 0.3) is 0 Å². The molecule has 0 saturated heterocycles. The lowest BCUT2D eigenvalue weighted by Gasteiger charge is -2.18. The molecule has 0 amide bonds. The molecular weight excluding hydrogens is 258 g/mol.